The Bertz CT molecular complexity index is 859. The van der Waals surface area contributed by atoms with E-state index in [0.29, 0.717) is 57.3 Å². The van der Waals surface area contributed by atoms with Crippen molar-refractivity contribution in [3.8, 4) is 0 Å². The smallest absolute Gasteiger partial charge is 0.414 e. The number of hydrogen-bond donors (Lipinski definition) is 1. The summed E-state index contributed by atoms with van der Waals surface area (Å²) in [5, 5.41) is 3.32. The number of rotatable bonds is 6. The number of cyclic esters (lactones) is 1. The van der Waals surface area contributed by atoms with E-state index in [9.17, 15) is 9.18 Å². The van der Waals surface area contributed by atoms with Gasteiger partial charge in [-0.05, 0) is 30.7 Å². The molecule has 0 spiro atoms. The summed E-state index contributed by atoms with van der Waals surface area (Å²) in [6.45, 7) is 6.22. The van der Waals surface area contributed by atoms with Crippen LogP contribution in [0.2, 0.25) is 0 Å². The van der Waals surface area contributed by atoms with Crippen LogP contribution < -0.4 is 15.1 Å². The number of morpholine rings is 1. The lowest BCUT2D eigenvalue weighted by Crippen LogP contribution is -2.36. The first kappa shape index (κ1) is 22.3. The van der Waals surface area contributed by atoms with Crippen molar-refractivity contribution >= 4 is 29.9 Å². The minimum atomic E-state index is -0.439. The van der Waals surface area contributed by atoms with E-state index in [0.717, 1.165) is 0 Å². The fourth-order valence-electron chi connectivity index (χ4n) is 3.65. The standard InChI is InChI=1S/C22H26FN3O3.ClH/c1-16-2-4-17(5-3-16)13-24-14-19-15-26(22(27)29-19)18-6-7-21(20(23)12-18)25-8-10-28-11-9-25;/h2-7,12,19,24H,8-11,13-15H2,1H3;1H/t19-;/m0./s1. The largest absolute Gasteiger partial charge is 0.443 e. The van der Waals surface area contributed by atoms with Crippen molar-refractivity contribution in [1.29, 1.82) is 0 Å². The third-order valence-electron chi connectivity index (χ3n) is 5.29. The molecule has 0 aliphatic carbocycles. The van der Waals surface area contributed by atoms with Gasteiger partial charge in [0.05, 0.1) is 31.1 Å². The lowest BCUT2D eigenvalue weighted by atomic mass is 10.1. The Labute approximate surface area is 182 Å². The van der Waals surface area contributed by atoms with E-state index in [4.69, 9.17) is 9.47 Å². The summed E-state index contributed by atoms with van der Waals surface area (Å²) < 4.78 is 25.4. The van der Waals surface area contributed by atoms with Crippen LogP contribution in [-0.4, -0.2) is 51.6 Å². The van der Waals surface area contributed by atoms with Gasteiger partial charge in [-0.25, -0.2) is 9.18 Å². The van der Waals surface area contributed by atoms with Crippen molar-refractivity contribution in [1.82, 2.24) is 5.32 Å². The molecule has 2 fully saturated rings. The van der Waals surface area contributed by atoms with Gasteiger partial charge < -0.3 is 19.7 Å². The lowest BCUT2D eigenvalue weighted by Gasteiger charge is -2.29. The van der Waals surface area contributed by atoms with Crippen LogP contribution in [0.1, 0.15) is 11.1 Å². The Hall–Kier alpha value is -2.35. The second-order valence-electron chi connectivity index (χ2n) is 7.47. The lowest BCUT2D eigenvalue weighted by molar-refractivity contribution is 0.122. The molecule has 1 atom stereocenters. The minimum absolute atomic E-state index is 0. The molecule has 1 N–H and O–H groups in total. The molecule has 0 radical (unpaired) electrons. The van der Waals surface area contributed by atoms with Gasteiger partial charge >= 0.3 is 6.09 Å². The molecule has 8 heteroatoms. The van der Waals surface area contributed by atoms with Crippen molar-refractivity contribution in [2.45, 2.75) is 19.6 Å². The Balaban J connectivity index is 0.00000256. The van der Waals surface area contributed by atoms with Gasteiger partial charge in [0.25, 0.3) is 0 Å². The highest BCUT2D eigenvalue weighted by Gasteiger charge is 2.32. The maximum absolute atomic E-state index is 14.7. The second-order valence-corrected chi connectivity index (χ2v) is 7.47. The van der Waals surface area contributed by atoms with Crippen molar-refractivity contribution < 1.29 is 18.7 Å². The molecule has 0 saturated carbocycles. The highest BCUT2D eigenvalue weighted by atomic mass is 35.5. The zero-order valence-electron chi connectivity index (χ0n) is 17.0. The molecule has 2 aliphatic heterocycles. The van der Waals surface area contributed by atoms with E-state index in [1.165, 1.54) is 22.1 Å². The number of nitrogens with one attached hydrogen (secondary N) is 1. The number of nitrogens with zero attached hydrogens (tertiary/aromatic N) is 2. The third kappa shape index (κ3) is 5.22. The van der Waals surface area contributed by atoms with Gasteiger partial charge in [0.15, 0.2) is 0 Å². The van der Waals surface area contributed by atoms with Crippen LogP contribution >= 0.6 is 12.4 Å². The fourth-order valence-corrected chi connectivity index (χ4v) is 3.65. The number of carbonyl (C=O) groups is 1. The molecule has 2 heterocycles. The average molecular weight is 436 g/mol. The number of anilines is 2. The van der Waals surface area contributed by atoms with E-state index in [1.54, 1.807) is 12.1 Å². The molecule has 2 aromatic rings. The van der Waals surface area contributed by atoms with Gasteiger partial charge in [-0.15, -0.1) is 12.4 Å². The summed E-state index contributed by atoms with van der Waals surface area (Å²) in [5.74, 6) is -0.335. The van der Waals surface area contributed by atoms with Crippen LogP contribution in [0.25, 0.3) is 0 Å². The number of ether oxygens (including phenoxy) is 2. The van der Waals surface area contributed by atoms with Gasteiger partial charge in [-0.1, -0.05) is 29.8 Å². The van der Waals surface area contributed by atoms with Crippen molar-refractivity contribution in [2.24, 2.45) is 0 Å². The summed E-state index contributed by atoms with van der Waals surface area (Å²) in [6, 6.07) is 13.2. The van der Waals surface area contributed by atoms with Gasteiger partial charge in [0.2, 0.25) is 0 Å². The van der Waals surface area contributed by atoms with Gasteiger partial charge in [-0.3, -0.25) is 4.90 Å². The normalized spacial score (nSPS) is 18.9. The number of amides is 1. The zero-order chi connectivity index (χ0) is 20.2. The first-order chi connectivity index (χ1) is 14.1. The summed E-state index contributed by atoms with van der Waals surface area (Å²) >= 11 is 0. The van der Waals surface area contributed by atoms with Gasteiger partial charge in [0.1, 0.15) is 11.9 Å². The summed E-state index contributed by atoms with van der Waals surface area (Å²) in [4.78, 5) is 15.7. The predicted octanol–water partition coefficient (Wildman–Crippen LogP) is 3.51. The van der Waals surface area contributed by atoms with Crippen LogP contribution in [0, 0.1) is 12.7 Å². The van der Waals surface area contributed by atoms with Crippen molar-refractivity contribution in [2.75, 3.05) is 49.2 Å². The Morgan fingerprint density at radius 1 is 1.13 bits per heavy atom. The van der Waals surface area contributed by atoms with Crippen LogP contribution in [0.4, 0.5) is 20.6 Å². The molecule has 30 heavy (non-hydrogen) atoms. The topological polar surface area (TPSA) is 54.0 Å². The molecule has 1 amide bonds. The van der Waals surface area contributed by atoms with E-state index in [2.05, 4.69) is 36.5 Å². The maximum Gasteiger partial charge on any atom is 0.414 e. The number of carbonyl (C=O) groups excluding carboxylic acids is 1. The van der Waals surface area contributed by atoms with E-state index in [-0.39, 0.29) is 24.3 Å². The van der Waals surface area contributed by atoms with E-state index in [1.807, 2.05) is 4.90 Å². The first-order valence-corrected chi connectivity index (χ1v) is 9.97. The Kier molecular flexibility index (Phi) is 7.53. The first-order valence-electron chi connectivity index (χ1n) is 9.97. The monoisotopic (exact) mass is 435 g/mol. The molecule has 162 valence electrons. The Morgan fingerprint density at radius 3 is 2.57 bits per heavy atom. The van der Waals surface area contributed by atoms with Crippen molar-refractivity contribution in [3.63, 3.8) is 0 Å². The number of benzene rings is 2. The Morgan fingerprint density at radius 2 is 1.87 bits per heavy atom. The molecule has 0 aromatic heterocycles. The van der Waals surface area contributed by atoms with Gasteiger partial charge in [-0.2, -0.15) is 0 Å². The zero-order valence-corrected chi connectivity index (χ0v) is 17.8. The second kappa shape index (κ2) is 10.1. The molecular formula is C22H27ClFN3O3. The molecule has 2 aliphatic rings. The van der Waals surface area contributed by atoms with Crippen LogP contribution in [0.15, 0.2) is 42.5 Å². The fraction of sp³-hybridized carbons (Fsp3) is 0.409. The highest BCUT2D eigenvalue weighted by Crippen LogP contribution is 2.28. The van der Waals surface area contributed by atoms with Crippen molar-refractivity contribution in [3.05, 3.63) is 59.4 Å². The van der Waals surface area contributed by atoms with Crippen LogP contribution in [-0.2, 0) is 16.0 Å². The molecule has 2 saturated heterocycles. The number of hydrogen-bond acceptors (Lipinski definition) is 5. The SMILES string of the molecule is Cc1ccc(CNC[C@H]2CN(c3ccc(N4CCOCC4)c(F)c3)C(=O)O2)cc1.Cl. The quantitative estimate of drug-likeness (QED) is 0.752. The molecule has 4 rings (SSSR count). The molecule has 2 aromatic carbocycles. The highest BCUT2D eigenvalue weighted by molar-refractivity contribution is 5.90. The van der Waals surface area contributed by atoms with E-state index >= 15 is 0 Å². The maximum atomic E-state index is 14.7. The molecule has 0 unspecified atom stereocenters. The number of aryl methyl sites for hydroxylation is 1. The van der Waals surface area contributed by atoms with Crippen LogP contribution in [0.3, 0.4) is 0 Å². The average Bonchev–Trinajstić information content (AvgIpc) is 3.10. The summed E-state index contributed by atoms with van der Waals surface area (Å²) in [6.07, 6.45) is -0.708. The molecule has 0 bridgehead atoms. The van der Waals surface area contributed by atoms with Crippen LogP contribution in [0.5, 0.6) is 0 Å². The minimum Gasteiger partial charge on any atom is -0.443 e. The third-order valence-corrected chi connectivity index (χ3v) is 5.29. The van der Waals surface area contributed by atoms with Gasteiger partial charge in [0, 0.05) is 26.2 Å². The van der Waals surface area contributed by atoms with E-state index < -0.39 is 6.09 Å². The predicted molar refractivity (Wildman–Crippen MR) is 117 cm³/mol. The summed E-state index contributed by atoms with van der Waals surface area (Å²) in [7, 11) is 0. The molecular weight excluding hydrogens is 409 g/mol. The summed E-state index contributed by atoms with van der Waals surface area (Å²) in [5.41, 5.74) is 3.46. The molecule has 6 nitrogen and oxygen atoms in total. The number of halogens is 2.